The number of ether oxygens (including phenoxy) is 1. The first kappa shape index (κ1) is 22.7. The molecular formula is C21H19N3O7S2. The van der Waals surface area contributed by atoms with Crippen LogP contribution in [0.2, 0.25) is 0 Å². The summed E-state index contributed by atoms with van der Waals surface area (Å²) in [6.45, 7) is 1.54. The van der Waals surface area contributed by atoms with Crippen LogP contribution in [0, 0.1) is 6.92 Å². The van der Waals surface area contributed by atoms with Gasteiger partial charge in [0.05, 0.1) is 16.2 Å². The van der Waals surface area contributed by atoms with Gasteiger partial charge in [0.25, 0.3) is 11.8 Å². The van der Waals surface area contributed by atoms with Gasteiger partial charge < -0.3 is 19.4 Å². The van der Waals surface area contributed by atoms with E-state index in [-0.39, 0.29) is 15.5 Å². The van der Waals surface area contributed by atoms with Crippen molar-refractivity contribution in [2.45, 2.75) is 18.2 Å². The number of carbonyl (C=O) groups excluding carboxylic acids is 3. The Morgan fingerprint density at radius 3 is 2.73 bits per heavy atom. The zero-order valence-electron chi connectivity index (χ0n) is 17.4. The molecule has 0 bridgehead atoms. The topological polar surface area (TPSA) is 149 Å². The SMILES string of the molecule is Cc1cc(NC(=O)c2ccco2)sc1C(=O)OCC(=O)N1CCc2cc(S(N)(=O)=O)ccc21. The smallest absolute Gasteiger partial charge is 0.349 e. The Labute approximate surface area is 193 Å². The molecule has 1 aliphatic rings. The lowest BCUT2D eigenvalue weighted by molar-refractivity contribution is -0.121. The van der Waals surface area contributed by atoms with Gasteiger partial charge >= 0.3 is 5.97 Å². The second-order valence-electron chi connectivity index (χ2n) is 7.26. The molecule has 1 aliphatic heterocycles. The molecule has 0 radical (unpaired) electrons. The molecule has 2 aromatic heterocycles. The molecule has 0 fully saturated rings. The number of furan rings is 1. The van der Waals surface area contributed by atoms with Gasteiger partial charge in [-0.15, -0.1) is 11.3 Å². The molecule has 3 aromatic rings. The predicted octanol–water partition coefficient (Wildman–Crippen LogP) is 2.30. The number of carbonyl (C=O) groups is 3. The molecule has 0 aliphatic carbocycles. The molecule has 12 heteroatoms. The molecule has 0 atom stereocenters. The highest BCUT2D eigenvalue weighted by Gasteiger charge is 2.27. The molecular weight excluding hydrogens is 470 g/mol. The molecule has 0 saturated carbocycles. The van der Waals surface area contributed by atoms with Gasteiger partial charge in [-0.05, 0) is 60.9 Å². The highest BCUT2D eigenvalue weighted by Crippen LogP contribution is 2.31. The molecule has 1 aromatic carbocycles. The van der Waals surface area contributed by atoms with Crippen molar-refractivity contribution in [3.8, 4) is 0 Å². The Morgan fingerprint density at radius 2 is 2.03 bits per heavy atom. The number of esters is 1. The van der Waals surface area contributed by atoms with Crippen LogP contribution >= 0.6 is 11.3 Å². The first-order valence-electron chi connectivity index (χ1n) is 9.72. The number of thiophene rings is 1. The van der Waals surface area contributed by atoms with Crippen molar-refractivity contribution in [2.75, 3.05) is 23.4 Å². The number of sulfonamides is 1. The monoisotopic (exact) mass is 489 g/mol. The van der Waals surface area contributed by atoms with Crippen LogP contribution in [0.3, 0.4) is 0 Å². The molecule has 172 valence electrons. The van der Waals surface area contributed by atoms with E-state index in [4.69, 9.17) is 14.3 Å². The first-order valence-corrected chi connectivity index (χ1v) is 12.1. The summed E-state index contributed by atoms with van der Waals surface area (Å²) in [6.07, 6.45) is 1.84. The number of hydrogen-bond acceptors (Lipinski definition) is 8. The Balaban J connectivity index is 1.38. The number of primary sulfonamides is 1. The average molecular weight is 490 g/mol. The molecule has 3 N–H and O–H groups in total. The van der Waals surface area contributed by atoms with Crippen molar-refractivity contribution in [1.29, 1.82) is 0 Å². The number of benzene rings is 1. The molecule has 3 heterocycles. The maximum Gasteiger partial charge on any atom is 0.349 e. The van der Waals surface area contributed by atoms with Gasteiger partial charge in [-0.3, -0.25) is 9.59 Å². The van der Waals surface area contributed by atoms with Gasteiger partial charge in [0.2, 0.25) is 10.0 Å². The lowest BCUT2D eigenvalue weighted by Gasteiger charge is -2.17. The number of aryl methyl sites for hydroxylation is 1. The Bertz CT molecular complexity index is 1340. The second kappa shape index (κ2) is 8.81. The minimum Gasteiger partial charge on any atom is -0.459 e. The van der Waals surface area contributed by atoms with E-state index in [9.17, 15) is 22.8 Å². The third-order valence-corrected chi connectivity index (χ3v) is 7.03. The fourth-order valence-electron chi connectivity index (χ4n) is 3.41. The summed E-state index contributed by atoms with van der Waals surface area (Å²) in [4.78, 5) is 38.9. The third-order valence-electron chi connectivity index (χ3n) is 4.99. The normalized spacial score (nSPS) is 13.0. The summed E-state index contributed by atoms with van der Waals surface area (Å²) >= 11 is 1.03. The van der Waals surface area contributed by atoms with Crippen LogP contribution in [-0.4, -0.2) is 39.4 Å². The van der Waals surface area contributed by atoms with E-state index in [0.29, 0.717) is 34.8 Å². The molecule has 33 heavy (non-hydrogen) atoms. The van der Waals surface area contributed by atoms with Crippen LogP contribution in [0.25, 0.3) is 0 Å². The number of anilines is 2. The van der Waals surface area contributed by atoms with Crippen LogP contribution in [0.5, 0.6) is 0 Å². The molecule has 4 rings (SSSR count). The van der Waals surface area contributed by atoms with E-state index in [1.54, 1.807) is 19.1 Å². The van der Waals surface area contributed by atoms with Crippen LogP contribution in [-0.2, 0) is 26.0 Å². The molecule has 10 nitrogen and oxygen atoms in total. The number of fused-ring (bicyclic) bond motifs is 1. The van der Waals surface area contributed by atoms with Crippen molar-refractivity contribution in [3.63, 3.8) is 0 Å². The van der Waals surface area contributed by atoms with Crippen molar-refractivity contribution < 1.29 is 32.0 Å². The summed E-state index contributed by atoms with van der Waals surface area (Å²) in [5, 5.41) is 8.24. The fraction of sp³-hybridized carbons (Fsp3) is 0.190. The first-order chi connectivity index (χ1) is 15.6. The number of nitrogens with one attached hydrogen (secondary N) is 1. The zero-order chi connectivity index (χ0) is 23.8. The fourth-order valence-corrected chi connectivity index (χ4v) is 4.94. The summed E-state index contributed by atoms with van der Waals surface area (Å²) < 4.78 is 33.3. The van der Waals surface area contributed by atoms with E-state index in [1.807, 2.05) is 0 Å². The van der Waals surface area contributed by atoms with Gasteiger partial charge in [-0.2, -0.15) is 0 Å². The van der Waals surface area contributed by atoms with Crippen LogP contribution in [0.4, 0.5) is 10.7 Å². The lowest BCUT2D eigenvalue weighted by Crippen LogP contribution is -2.33. The van der Waals surface area contributed by atoms with Gasteiger partial charge in [0.15, 0.2) is 12.4 Å². The van der Waals surface area contributed by atoms with Gasteiger partial charge in [0, 0.05) is 12.2 Å². The van der Waals surface area contributed by atoms with Crippen molar-refractivity contribution in [3.05, 3.63) is 64.4 Å². The number of nitrogens with zero attached hydrogens (tertiary/aromatic N) is 1. The predicted molar refractivity (Wildman–Crippen MR) is 120 cm³/mol. The maximum atomic E-state index is 12.6. The van der Waals surface area contributed by atoms with Crippen LogP contribution < -0.4 is 15.4 Å². The van der Waals surface area contributed by atoms with Gasteiger partial charge in [-0.25, -0.2) is 18.4 Å². The highest BCUT2D eigenvalue weighted by atomic mass is 32.2. The largest absolute Gasteiger partial charge is 0.459 e. The Hall–Kier alpha value is -3.48. The molecule has 2 amide bonds. The standard InChI is InChI=1S/C21H19N3O7S2/c1-12-9-17(23-20(26)16-3-2-8-30-16)32-19(12)21(27)31-11-18(25)24-7-6-13-10-14(33(22,28)29)4-5-15(13)24/h2-5,8-10H,6-7,11H2,1H3,(H,23,26)(H2,22,28,29). The van der Waals surface area contributed by atoms with E-state index in [2.05, 4.69) is 5.32 Å². The van der Waals surface area contributed by atoms with Crippen molar-refractivity contribution in [1.82, 2.24) is 0 Å². The van der Waals surface area contributed by atoms with Gasteiger partial charge in [0.1, 0.15) is 4.88 Å². The minimum atomic E-state index is -3.84. The van der Waals surface area contributed by atoms with Crippen LogP contribution in [0.1, 0.15) is 31.4 Å². The molecule has 0 saturated heterocycles. The molecule has 0 unspecified atom stereocenters. The van der Waals surface area contributed by atoms with E-state index >= 15 is 0 Å². The Morgan fingerprint density at radius 1 is 1.24 bits per heavy atom. The number of hydrogen-bond donors (Lipinski definition) is 2. The van der Waals surface area contributed by atoms with Crippen molar-refractivity contribution in [2.24, 2.45) is 5.14 Å². The number of amides is 2. The summed E-state index contributed by atoms with van der Waals surface area (Å²) in [5.74, 6) is -1.44. The average Bonchev–Trinajstić information content (AvgIpc) is 3.50. The molecule has 0 spiro atoms. The highest BCUT2D eigenvalue weighted by molar-refractivity contribution is 7.89. The van der Waals surface area contributed by atoms with E-state index < -0.39 is 34.4 Å². The van der Waals surface area contributed by atoms with Gasteiger partial charge in [-0.1, -0.05) is 0 Å². The summed E-state index contributed by atoms with van der Waals surface area (Å²) in [6, 6.07) is 9.02. The zero-order valence-corrected chi connectivity index (χ0v) is 19.0. The minimum absolute atomic E-state index is 0.0231. The quantitative estimate of drug-likeness (QED) is 0.505. The van der Waals surface area contributed by atoms with E-state index in [0.717, 1.165) is 11.3 Å². The summed E-state index contributed by atoms with van der Waals surface area (Å²) in [7, 11) is -3.84. The maximum absolute atomic E-state index is 12.6. The lowest BCUT2D eigenvalue weighted by atomic mass is 10.2. The number of nitrogens with two attached hydrogens (primary N) is 1. The second-order valence-corrected chi connectivity index (χ2v) is 9.87. The van der Waals surface area contributed by atoms with Crippen molar-refractivity contribution >= 4 is 49.8 Å². The third kappa shape index (κ3) is 4.82. The summed E-state index contributed by atoms with van der Waals surface area (Å²) in [5.41, 5.74) is 1.82. The Kier molecular flexibility index (Phi) is 6.06. The van der Waals surface area contributed by atoms with Crippen LogP contribution in [0.15, 0.2) is 52.0 Å². The number of rotatable bonds is 6. The van der Waals surface area contributed by atoms with E-state index in [1.165, 1.54) is 35.4 Å².